The van der Waals surface area contributed by atoms with Crippen LogP contribution in [-0.2, 0) is 24.6 Å². The third-order valence-corrected chi connectivity index (χ3v) is 6.59. The molecule has 33 heavy (non-hydrogen) atoms. The Balaban J connectivity index is 1.77. The summed E-state index contributed by atoms with van der Waals surface area (Å²) in [5, 5.41) is 4.08. The van der Waals surface area contributed by atoms with Crippen molar-refractivity contribution >= 4 is 23.0 Å². The summed E-state index contributed by atoms with van der Waals surface area (Å²) >= 11 is 6.60. The SMILES string of the molecule is CCO[C@H]1Cc2ccccc2C1Nc1c(CC)nc(-c2ccc(N(C)C)cc2Cl)n(C)c1=O. The molecule has 0 spiro atoms. The van der Waals surface area contributed by atoms with Gasteiger partial charge in [0.05, 0.1) is 22.9 Å². The largest absolute Gasteiger partial charge is 0.378 e. The number of fused-ring (bicyclic) bond motifs is 1. The fourth-order valence-electron chi connectivity index (χ4n) is 4.51. The van der Waals surface area contributed by atoms with Gasteiger partial charge in [-0.05, 0) is 42.7 Å². The normalized spacial score (nSPS) is 17.2. The summed E-state index contributed by atoms with van der Waals surface area (Å²) in [6, 6.07) is 14.0. The lowest BCUT2D eigenvalue weighted by Gasteiger charge is -2.24. The monoisotopic (exact) mass is 466 g/mol. The molecule has 0 bridgehead atoms. The number of nitrogens with one attached hydrogen (secondary N) is 1. The molecular weight excluding hydrogens is 436 g/mol. The molecule has 0 saturated heterocycles. The van der Waals surface area contributed by atoms with E-state index in [4.69, 9.17) is 21.3 Å². The van der Waals surface area contributed by atoms with E-state index in [0.29, 0.717) is 29.6 Å². The quantitative estimate of drug-likeness (QED) is 0.539. The summed E-state index contributed by atoms with van der Waals surface area (Å²) in [5.74, 6) is 0.561. The fraction of sp³-hybridized carbons (Fsp3) is 0.385. The van der Waals surface area contributed by atoms with Crippen LogP contribution in [0.4, 0.5) is 11.4 Å². The second-order valence-electron chi connectivity index (χ2n) is 8.55. The molecular formula is C26H31ClN4O2. The Kier molecular flexibility index (Phi) is 6.77. The zero-order valence-corrected chi connectivity index (χ0v) is 20.6. The van der Waals surface area contributed by atoms with Crippen LogP contribution in [0, 0.1) is 0 Å². The van der Waals surface area contributed by atoms with Crippen molar-refractivity contribution in [3.05, 3.63) is 74.7 Å². The summed E-state index contributed by atoms with van der Waals surface area (Å²) in [7, 11) is 5.67. The van der Waals surface area contributed by atoms with Gasteiger partial charge in [0.2, 0.25) is 0 Å². The van der Waals surface area contributed by atoms with Crippen LogP contribution < -0.4 is 15.8 Å². The van der Waals surface area contributed by atoms with Gasteiger partial charge < -0.3 is 15.0 Å². The lowest BCUT2D eigenvalue weighted by Crippen LogP contribution is -2.31. The van der Waals surface area contributed by atoms with Gasteiger partial charge in [0.25, 0.3) is 5.56 Å². The van der Waals surface area contributed by atoms with Gasteiger partial charge in [-0.15, -0.1) is 0 Å². The lowest BCUT2D eigenvalue weighted by molar-refractivity contribution is 0.0574. The Morgan fingerprint density at radius 3 is 2.64 bits per heavy atom. The minimum absolute atomic E-state index is 0.0329. The molecule has 7 heteroatoms. The van der Waals surface area contributed by atoms with Crippen molar-refractivity contribution in [2.75, 3.05) is 30.9 Å². The molecule has 1 heterocycles. The predicted molar refractivity (Wildman–Crippen MR) is 136 cm³/mol. The molecule has 0 radical (unpaired) electrons. The molecule has 1 unspecified atom stereocenters. The highest BCUT2D eigenvalue weighted by atomic mass is 35.5. The average molecular weight is 467 g/mol. The molecule has 0 aliphatic heterocycles. The number of halogens is 1. The molecule has 174 valence electrons. The zero-order valence-electron chi connectivity index (χ0n) is 19.9. The third kappa shape index (κ3) is 4.37. The van der Waals surface area contributed by atoms with Crippen LogP contribution in [0.5, 0.6) is 0 Å². The summed E-state index contributed by atoms with van der Waals surface area (Å²) in [4.78, 5) is 20.4. The van der Waals surface area contributed by atoms with Crippen LogP contribution in [-0.4, -0.2) is 36.4 Å². The minimum atomic E-state index is -0.121. The number of benzene rings is 2. The molecule has 1 aliphatic rings. The van der Waals surface area contributed by atoms with Crippen LogP contribution in [0.15, 0.2) is 47.3 Å². The second kappa shape index (κ2) is 9.57. The Morgan fingerprint density at radius 2 is 1.97 bits per heavy atom. The van der Waals surface area contributed by atoms with Crippen molar-refractivity contribution < 1.29 is 4.74 Å². The molecule has 4 rings (SSSR count). The summed E-state index contributed by atoms with van der Waals surface area (Å²) < 4.78 is 7.62. The maximum absolute atomic E-state index is 13.6. The van der Waals surface area contributed by atoms with E-state index in [1.807, 2.05) is 63.2 Å². The standard InChI is InChI=1S/C26H31ClN4O2/c1-6-21-24(29-23-18-11-9-8-10-16(18)14-22(23)33-7-2)26(32)31(5)25(28-21)19-13-12-17(30(3)4)15-20(19)27/h8-13,15,22-23,29H,6-7,14H2,1-5H3/t22-,23?/m0/s1. The van der Waals surface area contributed by atoms with E-state index in [9.17, 15) is 4.79 Å². The summed E-state index contributed by atoms with van der Waals surface area (Å²) in [5.41, 5.74) is 5.28. The lowest BCUT2D eigenvalue weighted by atomic mass is 10.1. The number of hydrogen-bond acceptors (Lipinski definition) is 5. The van der Waals surface area contributed by atoms with Crippen molar-refractivity contribution in [3.8, 4) is 11.4 Å². The molecule has 1 N–H and O–H groups in total. The van der Waals surface area contributed by atoms with E-state index >= 15 is 0 Å². The summed E-state index contributed by atoms with van der Waals surface area (Å²) in [6.07, 6.45) is 1.41. The first-order chi connectivity index (χ1) is 15.8. The van der Waals surface area contributed by atoms with Gasteiger partial charge in [-0.1, -0.05) is 42.8 Å². The third-order valence-electron chi connectivity index (χ3n) is 6.27. The molecule has 2 atom stereocenters. The summed E-state index contributed by atoms with van der Waals surface area (Å²) in [6.45, 7) is 4.63. The minimum Gasteiger partial charge on any atom is -0.378 e. The number of anilines is 2. The van der Waals surface area contributed by atoms with Crippen molar-refractivity contribution in [2.45, 2.75) is 38.8 Å². The highest BCUT2D eigenvalue weighted by molar-refractivity contribution is 6.33. The van der Waals surface area contributed by atoms with E-state index < -0.39 is 0 Å². The topological polar surface area (TPSA) is 59.4 Å². The first-order valence-electron chi connectivity index (χ1n) is 11.4. The highest BCUT2D eigenvalue weighted by Crippen LogP contribution is 2.36. The maximum atomic E-state index is 13.6. The molecule has 0 amide bonds. The van der Waals surface area contributed by atoms with Crippen molar-refractivity contribution in [1.29, 1.82) is 0 Å². The van der Waals surface area contributed by atoms with E-state index in [1.165, 1.54) is 11.1 Å². The van der Waals surface area contributed by atoms with E-state index in [-0.39, 0.29) is 17.7 Å². The predicted octanol–water partition coefficient (Wildman–Crippen LogP) is 4.84. The Labute approximate surface area is 200 Å². The first kappa shape index (κ1) is 23.3. The molecule has 3 aromatic rings. The van der Waals surface area contributed by atoms with E-state index in [0.717, 1.165) is 23.4 Å². The van der Waals surface area contributed by atoms with Crippen LogP contribution >= 0.6 is 11.6 Å². The van der Waals surface area contributed by atoms with E-state index in [2.05, 4.69) is 17.4 Å². The first-order valence-corrected chi connectivity index (χ1v) is 11.8. The Hall–Kier alpha value is -2.83. The number of ether oxygens (including phenoxy) is 1. The van der Waals surface area contributed by atoms with Crippen molar-refractivity contribution in [3.63, 3.8) is 0 Å². The molecule has 0 fully saturated rings. The van der Waals surface area contributed by atoms with E-state index in [1.54, 1.807) is 11.6 Å². The van der Waals surface area contributed by atoms with Gasteiger partial charge in [0.15, 0.2) is 0 Å². The average Bonchev–Trinajstić information content (AvgIpc) is 3.14. The Morgan fingerprint density at radius 1 is 1.21 bits per heavy atom. The maximum Gasteiger partial charge on any atom is 0.277 e. The van der Waals surface area contributed by atoms with Crippen LogP contribution in [0.1, 0.15) is 36.7 Å². The van der Waals surface area contributed by atoms with Crippen molar-refractivity contribution in [1.82, 2.24) is 9.55 Å². The van der Waals surface area contributed by atoms with Gasteiger partial charge in [0, 0.05) is 45.4 Å². The second-order valence-corrected chi connectivity index (χ2v) is 8.96. The number of hydrogen-bond donors (Lipinski definition) is 1. The molecule has 1 aliphatic carbocycles. The smallest absolute Gasteiger partial charge is 0.277 e. The van der Waals surface area contributed by atoms with Crippen molar-refractivity contribution in [2.24, 2.45) is 7.05 Å². The van der Waals surface area contributed by atoms with Crippen LogP contribution in [0.25, 0.3) is 11.4 Å². The molecule has 2 aromatic carbocycles. The molecule has 6 nitrogen and oxygen atoms in total. The zero-order chi connectivity index (χ0) is 23.7. The fourth-order valence-corrected chi connectivity index (χ4v) is 4.76. The Bertz CT molecular complexity index is 1220. The highest BCUT2D eigenvalue weighted by Gasteiger charge is 2.34. The molecule has 1 aromatic heterocycles. The van der Waals surface area contributed by atoms with Gasteiger partial charge in [-0.3, -0.25) is 9.36 Å². The van der Waals surface area contributed by atoms with Crippen LogP contribution in [0.3, 0.4) is 0 Å². The van der Waals surface area contributed by atoms with Gasteiger partial charge >= 0.3 is 0 Å². The van der Waals surface area contributed by atoms with Gasteiger partial charge in [-0.2, -0.15) is 0 Å². The van der Waals surface area contributed by atoms with Gasteiger partial charge in [0.1, 0.15) is 11.5 Å². The number of rotatable bonds is 7. The number of aromatic nitrogens is 2. The molecule has 0 saturated carbocycles. The van der Waals surface area contributed by atoms with Gasteiger partial charge in [-0.25, -0.2) is 4.98 Å². The van der Waals surface area contributed by atoms with Crippen LogP contribution in [0.2, 0.25) is 5.02 Å². The number of nitrogens with zero attached hydrogens (tertiary/aromatic N) is 3. The number of aryl methyl sites for hydroxylation is 1.